The van der Waals surface area contributed by atoms with Gasteiger partial charge in [-0.05, 0) is 38.5 Å². The second-order valence-corrected chi connectivity index (χ2v) is 4.48. The van der Waals surface area contributed by atoms with Gasteiger partial charge in [-0.2, -0.15) is 0 Å². The zero-order valence-corrected chi connectivity index (χ0v) is 13.5. The third kappa shape index (κ3) is 7.19. The van der Waals surface area contributed by atoms with Gasteiger partial charge in [0.2, 0.25) is 0 Å². The topological polar surface area (TPSA) is 38.5 Å². The van der Waals surface area contributed by atoms with Crippen molar-refractivity contribution in [1.82, 2.24) is 4.90 Å². The molecular weight excluding hydrogens is 248 g/mol. The number of nitrogens with two attached hydrogens (primary N) is 1. The molecule has 0 amide bonds. The zero-order valence-electron chi connectivity index (χ0n) is 13.5. The summed E-state index contributed by atoms with van der Waals surface area (Å²) in [5.74, 6) is 0.858. The molecule has 20 heavy (non-hydrogen) atoms. The largest absolute Gasteiger partial charge is 0.492 e. The van der Waals surface area contributed by atoms with Crippen LogP contribution in [0.5, 0.6) is 0 Å². The summed E-state index contributed by atoms with van der Waals surface area (Å²) in [7, 11) is 0. The van der Waals surface area contributed by atoms with Crippen molar-refractivity contribution in [3.8, 4) is 0 Å². The number of hydrogen-bond donors (Lipinski definition) is 1. The number of rotatable bonds is 7. The zero-order chi connectivity index (χ0) is 15.4. The highest BCUT2D eigenvalue weighted by Crippen LogP contribution is 2.19. The molecule has 1 heterocycles. The quantitative estimate of drug-likeness (QED) is 0.705. The highest BCUT2D eigenvalue weighted by Gasteiger charge is 2.08. The molecule has 0 aromatic heterocycles. The molecule has 0 aromatic carbocycles. The molecule has 1 aliphatic heterocycles. The second kappa shape index (κ2) is 11.4. The summed E-state index contributed by atoms with van der Waals surface area (Å²) in [5, 5.41) is 0. The molecule has 3 nitrogen and oxygen atoms in total. The minimum Gasteiger partial charge on any atom is -0.492 e. The van der Waals surface area contributed by atoms with E-state index in [0.717, 1.165) is 30.7 Å². The molecule has 0 radical (unpaired) electrons. The van der Waals surface area contributed by atoms with Gasteiger partial charge in [0.05, 0.1) is 12.8 Å². The van der Waals surface area contributed by atoms with Crippen LogP contribution in [-0.2, 0) is 4.74 Å². The SMILES string of the molecule is C=C1C=CC(OCCCN)=CN1/C=C(/C)CCC.CC. The van der Waals surface area contributed by atoms with E-state index in [1.165, 1.54) is 5.57 Å². The van der Waals surface area contributed by atoms with E-state index in [2.05, 4.69) is 26.6 Å². The Morgan fingerprint density at radius 2 is 2.10 bits per heavy atom. The first-order valence-corrected chi connectivity index (χ1v) is 7.54. The molecule has 114 valence electrons. The van der Waals surface area contributed by atoms with Crippen LogP contribution in [0.4, 0.5) is 0 Å². The average Bonchev–Trinajstić information content (AvgIpc) is 2.45. The summed E-state index contributed by atoms with van der Waals surface area (Å²) in [4.78, 5) is 2.02. The molecule has 3 heteroatoms. The van der Waals surface area contributed by atoms with Gasteiger partial charge in [0.1, 0.15) is 5.76 Å². The molecule has 0 spiro atoms. The summed E-state index contributed by atoms with van der Waals surface area (Å²) in [6.07, 6.45) is 11.1. The fourth-order valence-electron chi connectivity index (χ4n) is 1.70. The first-order chi connectivity index (χ1) is 9.67. The van der Waals surface area contributed by atoms with Crippen LogP contribution in [0.15, 0.2) is 48.2 Å². The van der Waals surface area contributed by atoms with Crippen molar-refractivity contribution in [1.29, 1.82) is 0 Å². The van der Waals surface area contributed by atoms with E-state index in [4.69, 9.17) is 10.5 Å². The number of allylic oxidation sites excluding steroid dienone is 3. The molecule has 0 saturated carbocycles. The van der Waals surface area contributed by atoms with E-state index in [-0.39, 0.29) is 0 Å². The van der Waals surface area contributed by atoms with Gasteiger partial charge in [0.25, 0.3) is 0 Å². The van der Waals surface area contributed by atoms with Gasteiger partial charge in [-0.25, -0.2) is 0 Å². The van der Waals surface area contributed by atoms with Crippen LogP contribution in [0, 0.1) is 0 Å². The Hall–Kier alpha value is -1.48. The molecule has 0 atom stereocenters. The predicted octanol–water partition coefficient (Wildman–Crippen LogP) is 4.31. The van der Waals surface area contributed by atoms with Crippen LogP contribution in [0.25, 0.3) is 0 Å². The molecule has 1 aliphatic rings. The summed E-state index contributed by atoms with van der Waals surface area (Å²) < 4.78 is 5.63. The molecule has 0 unspecified atom stereocenters. The molecule has 0 fully saturated rings. The summed E-state index contributed by atoms with van der Waals surface area (Å²) in [6, 6.07) is 0. The molecule has 1 rings (SSSR count). The van der Waals surface area contributed by atoms with Crippen molar-refractivity contribution in [2.24, 2.45) is 5.73 Å². The second-order valence-electron chi connectivity index (χ2n) is 4.48. The predicted molar refractivity (Wildman–Crippen MR) is 87.8 cm³/mol. The lowest BCUT2D eigenvalue weighted by molar-refractivity contribution is 0.216. The van der Waals surface area contributed by atoms with Crippen molar-refractivity contribution in [2.75, 3.05) is 13.2 Å². The molecule has 2 N–H and O–H groups in total. The van der Waals surface area contributed by atoms with Crippen LogP contribution in [0.3, 0.4) is 0 Å². The Morgan fingerprint density at radius 3 is 2.70 bits per heavy atom. The maximum atomic E-state index is 5.63. The van der Waals surface area contributed by atoms with E-state index in [0.29, 0.717) is 13.2 Å². The molecule has 0 aliphatic carbocycles. The lowest BCUT2D eigenvalue weighted by Crippen LogP contribution is -2.13. The van der Waals surface area contributed by atoms with Gasteiger partial charge < -0.3 is 15.4 Å². The molecule has 0 aromatic rings. The van der Waals surface area contributed by atoms with E-state index >= 15 is 0 Å². The van der Waals surface area contributed by atoms with Gasteiger partial charge in [0, 0.05) is 11.9 Å². The standard InChI is InChI=1S/C15H24N2O.C2H6/c1-4-6-13(2)11-17-12-15(8-7-14(17)3)18-10-5-9-16;1-2/h7-8,11-12H,3-6,9-10,16H2,1-2H3;1-2H3/b13-11-;. The van der Waals surface area contributed by atoms with E-state index in [9.17, 15) is 0 Å². The van der Waals surface area contributed by atoms with E-state index in [1.54, 1.807) is 0 Å². The van der Waals surface area contributed by atoms with Gasteiger partial charge in [0.15, 0.2) is 0 Å². The van der Waals surface area contributed by atoms with Crippen molar-refractivity contribution >= 4 is 0 Å². The molecule has 0 bridgehead atoms. The Labute approximate surface area is 124 Å². The number of ether oxygens (including phenoxy) is 1. The van der Waals surface area contributed by atoms with Crippen molar-refractivity contribution < 1.29 is 4.74 Å². The summed E-state index contributed by atoms with van der Waals surface area (Å²) in [6.45, 7) is 13.6. The van der Waals surface area contributed by atoms with Crippen LogP contribution >= 0.6 is 0 Å². The van der Waals surface area contributed by atoms with Crippen LogP contribution in [0.2, 0.25) is 0 Å². The maximum absolute atomic E-state index is 5.63. The minimum absolute atomic E-state index is 0.656. The van der Waals surface area contributed by atoms with Gasteiger partial charge >= 0.3 is 0 Å². The van der Waals surface area contributed by atoms with Crippen LogP contribution in [0.1, 0.15) is 47.0 Å². The third-order valence-corrected chi connectivity index (χ3v) is 2.66. The van der Waals surface area contributed by atoms with Gasteiger partial charge in [-0.3, -0.25) is 0 Å². The number of hydrogen-bond acceptors (Lipinski definition) is 3. The van der Waals surface area contributed by atoms with E-state index < -0.39 is 0 Å². The van der Waals surface area contributed by atoms with Crippen LogP contribution in [-0.4, -0.2) is 18.1 Å². The van der Waals surface area contributed by atoms with E-state index in [1.807, 2.05) is 37.1 Å². The smallest absolute Gasteiger partial charge is 0.135 e. The Morgan fingerprint density at radius 1 is 1.40 bits per heavy atom. The fourth-order valence-corrected chi connectivity index (χ4v) is 1.70. The first-order valence-electron chi connectivity index (χ1n) is 7.54. The summed E-state index contributed by atoms with van der Waals surface area (Å²) >= 11 is 0. The Kier molecular flexibility index (Phi) is 10.5. The summed E-state index contributed by atoms with van der Waals surface area (Å²) in [5.41, 5.74) is 7.74. The van der Waals surface area contributed by atoms with Crippen molar-refractivity contribution in [2.45, 2.75) is 47.0 Å². The highest BCUT2D eigenvalue weighted by molar-refractivity contribution is 5.31. The first kappa shape index (κ1) is 18.5. The molecule has 0 saturated heterocycles. The van der Waals surface area contributed by atoms with Gasteiger partial charge in [-0.1, -0.05) is 39.3 Å². The maximum Gasteiger partial charge on any atom is 0.135 e. The lowest BCUT2D eigenvalue weighted by Gasteiger charge is -2.22. The average molecular weight is 278 g/mol. The fraction of sp³-hybridized carbons (Fsp3) is 0.529. The Balaban J connectivity index is 0.00000172. The lowest BCUT2D eigenvalue weighted by atomic mass is 10.2. The normalized spacial score (nSPS) is 14.7. The van der Waals surface area contributed by atoms with Crippen LogP contribution < -0.4 is 5.73 Å². The molecular formula is C17H30N2O. The number of nitrogens with zero attached hydrogens (tertiary/aromatic N) is 1. The highest BCUT2D eigenvalue weighted by atomic mass is 16.5. The third-order valence-electron chi connectivity index (χ3n) is 2.66. The Bertz CT molecular complexity index is 367. The monoisotopic (exact) mass is 278 g/mol. The van der Waals surface area contributed by atoms with Crippen molar-refractivity contribution in [3.63, 3.8) is 0 Å². The minimum atomic E-state index is 0.656. The van der Waals surface area contributed by atoms with Crippen molar-refractivity contribution in [3.05, 3.63) is 48.2 Å². The van der Waals surface area contributed by atoms with Gasteiger partial charge in [-0.15, -0.1) is 0 Å².